The number of anilines is 1. The number of carbonyl (C=O) groups is 1. The SMILES string of the molecule is COc1ccc(Cl)cc1NC(=O)CN[C@H](C)c1ccc(Cl)cc1. The van der Waals surface area contributed by atoms with Gasteiger partial charge in [0.1, 0.15) is 5.75 Å². The van der Waals surface area contributed by atoms with E-state index in [0.29, 0.717) is 21.5 Å². The lowest BCUT2D eigenvalue weighted by Crippen LogP contribution is -2.30. The molecule has 0 aromatic heterocycles. The maximum atomic E-state index is 12.1. The number of methoxy groups -OCH3 is 1. The normalized spacial score (nSPS) is 11.8. The molecule has 4 nitrogen and oxygen atoms in total. The van der Waals surface area contributed by atoms with Gasteiger partial charge in [-0.25, -0.2) is 0 Å². The highest BCUT2D eigenvalue weighted by Crippen LogP contribution is 2.27. The Morgan fingerprint density at radius 2 is 1.78 bits per heavy atom. The molecule has 0 aliphatic carbocycles. The van der Waals surface area contributed by atoms with Crippen LogP contribution in [0.25, 0.3) is 0 Å². The minimum Gasteiger partial charge on any atom is -0.495 e. The van der Waals surface area contributed by atoms with E-state index in [4.69, 9.17) is 27.9 Å². The first-order valence-electron chi connectivity index (χ1n) is 7.12. The number of benzene rings is 2. The summed E-state index contributed by atoms with van der Waals surface area (Å²) in [6, 6.07) is 12.6. The molecule has 2 aromatic carbocycles. The zero-order chi connectivity index (χ0) is 16.8. The summed E-state index contributed by atoms with van der Waals surface area (Å²) in [5, 5.41) is 7.17. The van der Waals surface area contributed by atoms with E-state index in [2.05, 4.69) is 10.6 Å². The van der Waals surface area contributed by atoms with Crippen LogP contribution in [0.1, 0.15) is 18.5 Å². The summed E-state index contributed by atoms with van der Waals surface area (Å²) in [6.45, 7) is 2.15. The Balaban J connectivity index is 1.92. The van der Waals surface area contributed by atoms with Crippen LogP contribution in [0.3, 0.4) is 0 Å². The molecule has 1 atom stereocenters. The molecule has 0 aliphatic rings. The van der Waals surface area contributed by atoms with Crippen LogP contribution < -0.4 is 15.4 Å². The van der Waals surface area contributed by atoms with Gasteiger partial charge in [0.2, 0.25) is 5.91 Å². The number of halogens is 2. The Labute approximate surface area is 145 Å². The maximum absolute atomic E-state index is 12.1. The molecular weight excluding hydrogens is 335 g/mol. The highest BCUT2D eigenvalue weighted by atomic mass is 35.5. The number of rotatable bonds is 6. The van der Waals surface area contributed by atoms with E-state index in [-0.39, 0.29) is 18.5 Å². The fraction of sp³-hybridized carbons (Fsp3) is 0.235. The summed E-state index contributed by atoms with van der Waals surface area (Å²) in [5.41, 5.74) is 1.61. The van der Waals surface area contributed by atoms with Gasteiger partial charge in [0.25, 0.3) is 0 Å². The molecule has 122 valence electrons. The van der Waals surface area contributed by atoms with Crippen LogP contribution in [-0.2, 0) is 4.79 Å². The van der Waals surface area contributed by atoms with Crippen molar-refractivity contribution in [3.8, 4) is 5.75 Å². The average molecular weight is 353 g/mol. The molecule has 0 saturated heterocycles. The van der Waals surface area contributed by atoms with Crippen LogP contribution in [0, 0.1) is 0 Å². The van der Waals surface area contributed by atoms with E-state index in [0.717, 1.165) is 5.56 Å². The molecule has 0 aliphatic heterocycles. The molecule has 0 saturated carbocycles. The van der Waals surface area contributed by atoms with E-state index in [1.807, 2.05) is 31.2 Å². The predicted octanol–water partition coefficient (Wildman–Crippen LogP) is 4.29. The number of carbonyl (C=O) groups excluding carboxylic acids is 1. The molecule has 2 aromatic rings. The van der Waals surface area contributed by atoms with Crippen molar-refractivity contribution in [1.82, 2.24) is 5.32 Å². The van der Waals surface area contributed by atoms with Gasteiger partial charge in [-0.15, -0.1) is 0 Å². The van der Waals surface area contributed by atoms with E-state index >= 15 is 0 Å². The Kier molecular flexibility index (Phi) is 6.28. The van der Waals surface area contributed by atoms with Gasteiger partial charge in [-0.05, 0) is 42.8 Å². The van der Waals surface area contributed by atoms with Gasteiger partial charge < -0.3 is 15.4 Å². The summed E-state index contributed by atoms with van der Waals surface area (Å²) in [6.07, 6.45) is 0. The third-order valence-electron chi connectivity index (χ3n) is 3.37. The van der Waals surface area contributed by atoms with Crippen LogP contribution >= 0.6 is 23.2 Å². The fourth-order valence-electron chi connectivity index (χ4n) is 2.09. The first-order chi connectivity index (χ1) is 11.0. The second kappa shape index (κ2) is 8.20. The maximum Gasteiger partial charge on any atom is 0.238 e. The second-order valence-corrected chi connectivity index (χ2v) is 5.92. The highest BCUT2D eigenvalue weighted by Gasteiger charge is 2.10. The molecule has 23 heavy (non-hydrogen) atoms. The Bertz CT molecular complexity index is 675. The Hall–Kier alpha value is -1.75. The number of hydrogen-bond acceptors (Lipinski definition) is 3. The van der Waals surface area contributed by atoms with Crippen molar-refractivity contribution in [3.63, 3.8) is 0 Å². The Morgan fingerprint density at radius 1 is 1.13 bits per heavy atom. The van der Waals surface area contributed by atoms with Crippen molar-refractivity contribution >= 4 is 34.8 Å². The first kappa shape index (κ1) is 17.6. The van der Waals surface area contributed by atoms with Crippen LogP contribution in [0.5, 0.6) is 5.75 Å². The number of amides is 1. The van der Waals surface area contributed by atoms with Gasteiger partial charge in [0, 0.05) is 16.1 Å². The quantitative estimate of drug-likeness (QED) is 0.815. The lowest BCUT2D eigenvalue weighted by Gasteiger charge is -2.15. The van der Waals surface area contributed by atoms with Gasteiger partial charge >= 0.3 is 0 Å². The third-order valence-corrected chi connectivity index (χ3v) is 3.86. The molecule has 0 heterocycles. The zero-order valence-corrected chi connectivity index (χ0v) is 14.4. The standard InChI is InChI=1S/C17H18Cl2N2O2/c1-11(12-3-5-13(18)6-4-12)20-10-17(22)21-15-9-14(19)7-8-16(15)23-2/h3-9,11,20H,10H2,1-2H3,(H,21,22)/t11-/m1/s1. The molecule has 0 fully saturated rings. The van der Waals surface area contributed by atoms with E-state index < -0.39 is 0 Å². The lowest BCUT2D eigenvalue weighted by atomic mass is 10.1. The van der Waals surface area contributed by atoms with Crippen LogP contribution in [0.4, 0.5) is 5.69 Å². The highest BCUT2D eigenvalue weighted by molar-refractivity contribution is 6.31. The van der Waals surface area contributed by atoms with Gasteiger partial charge in [-0.2, -0.15) is 0 Å². The van der Waals surface area contributed by atoms with Crippen molar-refractivity contribution in [1.29, 1.82) is 0 Å². The smallest absolute Gasteiger partial charge is 0.238 e. The first-order valence-corrected chi connectivity index (χ1v) is 7.87. The summed E-state index contributed by atoms with van der Waals surface area (Å²) in [7, 11) is 1.54. The number of nitrogens with one attached hydrogen (secondary N) is 2. The van der Waals surface area contributed by atoms with Crippen molar-refractivity contribution in [2.45, 2.75) is 13.0 Å². The van der Waals surface area contributed by atoms with Crippen molar-refractivity contribution in [2.24, 2.45) is 0 Å². The molecule has 0 bridgehead atoms. The van der Waals surface area contributed by atoms with Gasteiger partial charge in [0.15, 0.2) is 0 Å². The minimum absolute atomic E-state index is 0.0271. The third kappa shape index (κ3) is 5.13. The topological polar surface area (TPSA) is 50.4 Å². The van der Waals surface area contributed by atoms with Crippen molar-refractivity contribution in [2.75, 3.05) is 19.0 Å². The summed E-state index contributed by atoms with van der Waals surface area (Å²) in [5.74, 6) is 0.389. The second-order valence-electron chi connectivity index (χ2n) is 5.05. The summed E-state index contributed by atoms with van der Waals surface area (Å²) < 4.78 is 5.20. The van der Waals surface area contributed by atoms with Crippen LogP contribution in [0.2, 0.25) is 10.0 Å². The van der Waals surface area contributed by atoms with Gasteiger partial charge in [-0.3, -0.25) is 4.79 Å². The zero-order valence-electron chi connectivity index (χ0n) is 12.9. The Morgan fingerprint density at radius 3 is 2.43 bits per heavy atom. The largest absolute Gasteiger partial charge is 0.495 e. The fourth-order valence-corrected chi connectivity index (χ4v) is 2.39. The average Bonchev–Trinajstić information content (AvgIpc) is 2.53. The van der Waals surface area contributed by atoms with Crippen molar-refractivity contribution in [3.05, 3.63) is 58.1 Å². The molecule has 0 spiro atoms. The molecule has 2 N–H and O–H groups in total. The van der Waals surface area contributed by atoms with Crippen LogP contribution in [0.15, 0.2) is 42.5 Å². The summed E-state index contributed by atoms with van der Waals surface area (Å²) in [4.78, 5) is 12.1. The molecule has 1 amide bonds. The lowest BCUT2D eigenvalue weighted by molar-refractivity contribution is -0.115. The molecule has 0 radical (unpaired) electrons. The predicted molar refractivity (Wildman–Crippen MR) is 94.5 cm³/mol. The van der Waals surface area contributed by atoms with E-state index in [1.165, 1.54) is 0 Å². The van der Waals surface area contributed by atoms with Gasteiger partial charge in [-0.1, -0.05) is 35.3 Å². The molecule has 0 unspecified atom stereocenters. The molecule has 2 rings (SSSR count). The number of ether oxygens (including phenoxy) is 1. The molecule has 6 heteroatoms. The molecular formula is C17H18Cl2N2O2. The minimum atomic E-state index is -0.175. The monoisotopic (exact) mass is 352 g/mol. The summed E-state index contributed by atoms with van der Waals surface area (Å²) >= 11 is 11.8. The van der Waals surface area contributed by atoms with Crippen LogP contribution in [-0.4, -0.2) is 19.6 Å². The van der Waals surface area contributed by atoms with Crippen molar-refractivity contribution < 1.29 is 9.53 Å². The van der Waals surface area contributed by atoms with Gasteiger partial charge in [0.05, 0.1) is 19.3 Å². The van der Waals surface area contributed by atoms with E-state index in [9.17, 15) is 4.79 Å². The number of hydrogen-bond donors (Lipinski definition) is 2. The van der Waals surface area contributed by atoms with E-state index in [1.54, 1.807) is 25.3 Å².